The molecule has 2 aliphatic rings. The third-order valence-corrected chi connectivity index (χ3v) is 5.14. The number of imide groups is 1. The maximum atomic E-state index is 13.0. The SMILES string of the molecule is NCCOCCOCCNC(=O)COc1cccc2c1C(=O)N(C1CCC(=O)NC1O)C2=O. The third-order valence-electron chi connectivity index (χ3n) is 5.14. The molecule has 4 amide bonds. The fourth-order valence-electron chi connectivity index (χ4n) is 3.60. The molecule has 0 spiro atoms. The van der Waals surface area contributed by atoms with Crippen LogP contribution in [0.2, 0.25) is 0 Å². The van der Waals surface area contributed by atoms with Crippen molar-refractivity contribution in [2.45, 2.75) is 25.1 Å². The van der Waals surface area contributed by atoms with Gasteiger partial charge in [0, 0.05) is 19.5 Å². The second-order valence-electron chi connectivity index (χ2n) is 7.43. The van der Waals surface area contributed by atoms with Crippen LogP contribution in [0.5, 0.6) is 5.75 Å². The molecule has 2 aliphatic heterocycles. The van der Waals surface area contributed by atoms with Gasteiger partial charge in [-0.1, -0.05) is 6.07 Å². The fourth-order valence-corrected chi connectivity index (χ4v) is 3.60. The Morgan fingerprint density at radius 3 is 2.64 bits per heavy atom. The van der Waals surface area contributed by atoms with E-state index in [9.17, 15) is 24.3 Å². The summed E-state index contributed by atoms with van der Waals surface area (Å²) >= 11 is 0. The first-order valence-corrected chi connectivity index (χ1v) is 10.7. The van der Waals surface area contributed by atoms with Crippen LogP contribution in [0.1, 0.15) is 33.6 Å². The van der Waals surface area contributed by atoms with Crippen LogP contribution >= 0.6 is 0 Å². The number of nitrogens with zero attached hydrogens (tertiary/aromatic N) is 1. The molecule has 3 rings (SSSR count). The predicted octanol–water partition coefficient (Wildman–Crippen LogP) is -1.63. The van der Waals surface area contributed by atoms with Crippen LogP contribution in [0.25, 0.3) is 0 Å². The van der Waals surface area contributed by atoms with E-state index in [2.05, 4.69) is 10.6 Å². The van der Waals surface area contributed by atoms with Crippen molar-refractivity contribution in [3.05, 3.63) is 29.3 Å². The third kappa shape index (κ3) is 6.05. The van der Waals surface area contributed by atoms with Crippen LogP contribution < -0.4 is 21.1 Å². The fraction of sp³-hybridized carbons (Fsp3) is 0.524. The zero-order chi connectivity index (χ0) is 23.8. The lowest BCUT2D eigenvalue weighted by atomic mass is 10.0. The number of carbonyl (C=O) groups excluding carboxylic acids is 4. The van der Waals surface area contributed by atoms with E-state index in [1.807, 2.05) is 0 Å². The molecular formula is C21H28N4O8. The summed E-state index contributed by atoms with van der Waals surface area (Å²) in [5, 5.41) is 15.1. The molecule has 2 unspecified atom stereocenters. The minimum absolute atomic E-state index is 0.0280. The number of benzene rings is 1. The van der Waals surface area contributed by atoms with Crippen LogP contribution in [0.3, 0.4) is 0 Å². The Bertz CT molecular complexity index is 893. The van der Waals surface area contributed by atoms with Crippen molar-refractivity contribution in [2.75, 3.05) is 46.1 Å². The second-order valence-corrected chi connectivity index (χ2v) is 7.43. The Morgan fingerprint density at radius 2 is 1.91 bits per heavy atom. The first kappa shape index (κ1) is 24.6. The molecule has 0 aromatic heterocycles. The van der Waals surface area contributed by atoms with Gasteiger partial charge in [0.2, 0.25) is 5.91 Å². The molecule has 5 N–H and O–H groups in total. The van der Waals surface area contributed by atoms with Gasteiger partial charge < -0.3 is 35.7 Å². The molecule has 1 aromatic rings. The van der Waals surface area contributed by atoms with Crippen LogP contribution in [-0.2, 0) is 19.1 Å². The highest BCUT2D eigenvalue weighted by Crippen LogP contribution is 2.34. The number of ether oxygens (including phenoxy) is 3. The van der Waals surface area contributed by atoms with Crippen LogP contribution in [0.15, 0.2) is 18.2 Å². The summed E-state index contributed by atoms with van der Waals surface area (Å²) in [5.41, 5.74) is 5.45. The van der Waals surface area contributed by atoms with Gasteiger partial charge in [-0.3, -0.25) is 24.1 Å². The molecule has 0 bridgehead atoms. The number of aliphatic hydroxyl groups excluding tert-OH is 1. The number of amides is 4. The van der Waals surface area contributed by atoms with Gasteiger partial charge in [0.05, 0.1) is 43.6 Å². The predicted molar refractivity (Wildman–Crippen MR) is 113 cm³/mol. The average Bonchev–Trinajstić information content (AvgIpc) is 3.05. The first-order chi connectivity index (χ1) is 15.9. The number of hydrogen-bond donors (Lipinski definition) is 4. The van der Waals surface area contributed by atoms with E-state index >= 15 is 0 Å². The van der Waals surface area contributed by atoms with Gasteiger partial charge in [-0.2, -0.15) is 0 Å². The summed E-state index contributed by atoms with van der Waals surface area (Å²) in [7, 11) is 0. The van der Waals surface area contributed by atoms with Crippen molar-refractivity contribution < 1.29 is 38.5 Å². The molecule has 1 saturated heterocycles. The first-order valence-electron chi connectivity index (χ1n) is 10.7. The van der Waals surface area contributed by atoms with Crippen molar-refractivity contribution in [3.63, 3.8) is 0 Å². The molecule has 0 aliphatic carbocycles. The minimum Gasteiger partial charge on any atom is -0.483 e. The highest BCUT2D eigenvalue weighted by molar-refractivity contribution is 6.23. The zero-order valence-corrected chi connectivity index (χ0v) is 18.1. The molecule has 0 radical (unpaired) electrons. The van der Waals surface area contributed by atoms with Gasteiger partial charge in [0.1, 0.15) is 12.0 Å². The van der Waals surface area contributed by atoms with E-state index < -0.39 is 30.0 Å². The largest absolute Gasteiger partial charge is 0.483 e. The molecule has 1 fully saturated rings. The van der Waals surface area contributed by atoms with Gasteiger partial charge in [-0.15, -0.1) is 0 Å². The highest BCUT2D eigenvalue weighted by atomic mass is 16.5. The smallest absolute Gasteiger partial charge is 0.265 e. The van der Waals surface area contributed by atoms with Crippen LogP contribution in [-0.4, -0.2) is 92.0 Å². The van der Waals surface area contributed by atoms with E-state index in [1.165, 1.54) is 12.1 Å². The Hall–Kier alpha value is -3.06. The van der Waals surface area contributed by atoms with Crippen molar-refractivity contribution in [1.29, 1.82) is 0 Å². The van der Waals surface area contributed by atoms with Crippen LogP contribution in [0.4, 0.5) is 0 Å². The number of rotatable bonds is 12. The Morgan fingerprint density at radius 1 is 1.15 bits per heavy atom. The van der Waals surface area contributed by atoms with E-state index in [-0.39, 0.29) is 48.8 Å². The Balaban J connectivity index is 1.51. The molecule has 2 heterocycles. The molecular weight excluding hydrogens is 436 g/mol. The molecule has 33 heavy (non-hydrogen) atoms. The van der Waals surface area contributed by atoms with Gasteiger partial charge in [-0.25, -0.2) is 0 Å². The summed E-state index contributed by atoms with van der Waals surface area (Å²) in [6, 6.07) is 3.63. The Kier molecular flexibility index (Phi) is 8.72. The van der Waals surface area contributed by atoms with Gasteiger partial charge in [-0.05, 0) is 18.6 Å². The summed E-state index contributed by atoms with van der Waals surface area (Å²) in [6.45, 7) is 1.90. The number of aliphatic hydroxyl groups is 1. The van der Waals surface area contributed by atoms with E-state index in [0.29, 0.717) is 33.0 Å². The molecule has 0 saturated carbocycles. The highest BCUT2D eigenvalue weighted by Gasteiger charge is 2.45. The number of hydrogen-bond acceptors (Lipinski definition) is 9. The standard InChI is InChI=1S/C21H28N4O8/c22-6-8-31-10-11-32-9-7-23-17(27)12-33-15-3-1-2-13-18(15)21(30)25(20(13)29)14-4-5-16(26)24-19(14)28/h1-3,14,19,28H,4-12,22H2,(H,23,27)(H,24,26). The Labute approximate surface area is 190 Å². The number of carbonyl (C=O) groups is 4. The average molecular weight is 464 g/mol. The van der Waals surface area contributed by atoms with E-state index in [4.69, 9.17) is 19.9 Å². The molecule has 2 atom stereocenters. The van der Waals surface area contributed by atoms with Gasteiger partial charge in [0.25, 0.3) is 17.7 Å². The van der Waals surface area contributed by atoms with E-state index in [0.717, 1.165) is 4.90 Å². The lowest BCUT2D eigenvalue weighted by molar-refractivity contribution is -0.129. The lowest BCUT2D eigenvalue weighted by Crippen LogP contribution is -2.57. The number of nitrogens with two attached hydrogens (primary N) is 1. The topological polar surface area (TPSA) is 170 Å². The van der Waals surface area contributed by atoms with Gasteiger partial charge >= 0.3 is 0 Å². The number of nitrogens with one attached hydrogen (secondary N) is 2. The maximum Gasteiger partial charge on any atom is 0.265 e. The number of piperidine rings is 1. The summed E-state index contributed by atoms with van der Waals surface area (Å²) in [4.78, 5) is 50.3. The second kappa shape index (κ2) is 11.7. The van der Waals surface area contributed by atoms with Crippen molar-refractivity contribution in [3.8, 4) is 5.75 Å². The summed E-state index contributed by atoms with van der Waals surface area (Å²) < 4.78 is 16.0. The summed E-state index contributed by atoms with van der Waals surface area (Å²) in [5.74, 6) is -1.91. The zero-order valence-electron chi connectivity index (χ0n) is 18.1. The van der Waals surface area contributed by atoms with Gasteiger partial charge in [0.15, 0.2) is 6.61 Å². The maximum absolute atomic E-state index is 13.0. The molecule has 12 nitrogen and oxygen atoms in total. The molecule has 1 aromatic carbocycles. The summed E-state index contributed by atoms with van der Waals surface area (Å²) in [6.07, 6.45) is -1.11. The van der Waals surface area contributed by atoms with Crippen LogP contribution in [0, 0.1) is 0 Å². The number of fused-ring (bicyclic) bond motifs is 1. The normalized spacial score (nSPS) is 19.9. The van der Waals surface area contributed by atoms with Crippen molar-refractivity contribution in [2.24, 2.45) is 5.73 Å². The van der Waals surface area contributed by atoms with Crippen molar-refractivity contribution >= 4 is 23.6 Å². The van der Waals surface area contributed by atoms with E-state index in [1.54, 1.807) is 6.07 Å². The van der Waals surface area contributed by atoms with Crippen molar-refractivity contribution in [1.82, 2.24) is 15.5 Å². The molecule has 12 heteroatoms. The molecule has 180 valence electrons. The minimum atomic E-state index is -1.35. The lowest BCUT2D eigenvalue weighted by Gasteiger charge is -2.33. The monoisotopic (exact) mass is 464 g/mol. The quantitative estimate of drug-likeness (QED) is 0.209.